The Bertz CT molecular complexity index is 943. The number of amides is 3. The van der Waals surface area contributed by atoms with Gasteiger partial charge in [-0.05, 0) is 71.1 Å². The number of rotatable bonds is 8. The molecule has 3 amide bonds. The molecule has 1 aliphatic heterocycles. The average Bonchev–Trinajstić information content (AvgIpc) is 3.08. The van der Waals surface area contributed by atoms with Crippen molar-refractivity contribution in [3.05, 3.63) is 57.7 Å². The summed E-state index contributed by atoms with van der Waals surface area (Å²) in [6.45, 7) is -0.0118. The molecular formula is C22H23IN2O6. The van der Waals surface area contributed by atoms with Gasteiger partial charge in [0.25, 0.3) is 11.8 Å². The molecule has 1 aliphatic rings. The predicted molar refractivity (Wildman–Crippen MR) is 122 cm³/mol. The first-order chi connectivity index (χ1) is 14.9. The van der Waals surface area contributed by atoms with Crippen LogP contribution in [0, 0.1) is 3.57 Å². The molecule has 1 fully saturated rings. The first-order valence-corrected chi connectivity index (χ1v) is 10.6. The van der Waals surface area contributed by atoms with E-state index in [0.717, 1.165) is 8.47 Å². The molecule has 1 heterocycles. The second kappa shape index (κ2) is 10.2. The predicted octanol–water partition coefficient (Wildman–Crippen LogP) is 2.69. The van der Waals surface area contributed by atoms with Gasteiger partial charge in [0.05, 0.1) is 25.8 Å². The van der Waals surface area contributed by atoms with Gasteiger partial charge in [0, 0.05) is 23.4 Å². The molecule has 0 bridgehead atoms. The van der Waals surface area contributed by atoms with Crippen LogP contribution < -0.4 is 9.64 Å². The summed E-state index contributed by atoms with van der Waals surface area (Å²) in [5.41, 5.74) is 0.838. The largest absolute Gasteiger partial charge is 0.497 e. The SMILES string of the molecule is COc1ccc(C(=O)N(CC(OC)OC)C2CC(=O)N(c3ccc(I)cc3)C2=O)cc1. The maximum atomic E-state index is 13.3. The van der Waals surface area contributed by atoms with E-state index in [-0.39, 0.29) is 18.9 Å². The Morgan fingerprint density at radius 2 is 1.68 bits per heavy atom. The van der Waals surface area contributed by atoms with Crippen molar-refractivity contribution in [1.29, 1.82) is 0 Å². The van der Waals surface area contributed by atoms with Gasteiger partial charge in [-0.3, -0.25) is 14.4 Å². The fourth-order valence-corrected chi connectivity index (χ4v) is 3.74. The summed E-state index contributed by atoms with van der Waals surface area (Å²) in [6, 6.07) is 12.6. The van der Waals surface area contributed by atoms with Gasteiger partial charge in [0.2, 0.25) is 5.91 Å². The fraction of sp³-hybridized carbons (Fsp3) is 0.318. The van der Waals surface area contributed by atoms with Crippen LogP contribution >= 0.6 is 22.6 Å². The smallest absolute Gasteiger partial charge is 0.257 e. The van der Waals surface area contributed by atoms with E-state index in [1.807, 2.05) is 12.1 Å². The first-order valence-electron chi connectivity index (χ1n) is 9.52. The summed E-state index contributed by atoms with van der Waals surface area (Å²) in [5.74, 6) is -0.627. The number of carbonyl (C=O) groups is 3. The standard InChI is InChI=1S/C22H23IN2O6/c1-29-17-10-4-14(5-11-17)21(27)24(13-20(30-2)31-3)18-12-19(26)25(22(18)28)16-8-6-15(23)7-9-16/h4-11,18,20H,12-13H2,1-3H3. The van der Waals surface area contributed by atoms with Crippen molar-refractivity contribution in [2.45, 2.75) is 18.8 Å². The number of ether oxygens (including phenoxy) is 3. The highest BCUT2D eigenvalue weighted by Gasteiger charge is 2.45. The second-order valence-corrected chi connectivity index (χ2v) is 8.10. The van der Waals surface area contributed by atoms with E-state index in [4.69, 9.17) is 14.2 Å². The number of imide groups is 1. The zero-order valence-electron chi connectivity index (χ0n) is 17.4. The highest BCUT2D eigenvalue weighted by Crippen LogP contribution is 2.28. The summed E-state index contributed by atoms with van der Waals surface area (Å²) < 4.78 is 16.6. The van der Waals surface area contributed by atoms with Crippen molar-refractivity contribution in [2.24, 2.45) is 0 Å². The van der Waals surface area contributed by atoms with E-state index in [2.05, 4.69) is 22.6 Å². The second-order valence-electron chi connectivity index (χ2n) is 6.85. The maximum absolute atomic E-state index is 13.3. The van der Waals surface area contributed by atoms with Crippen LogP contribution in [0.15, 0.2) is 48.5 Å². The summed E-state index contributed by atoms with van der Waals surface area (Å²) >= 11 is 2.15. The minimum Gasteiger partial charge on any atom is -0.497 e. The highest BCUT2D eigenvalue weighted by molar-refractivity contribution is 14.1. The molecule has 2 aromatic rings. The lowest BCUT2D eigenvalue weighted by Crippen LogP contribution is -2.49. The zero-order chi connectivity index (χ0) is 22.5. The third kappa shape index (κ3) is 5.05. The number of benzene rings is 2. The molecule has 31 heavy (non-hydrogen) atoms. The molecule has 0 aromatic heterocycles. The molecule has 0 radical (unpaired) electrons. The summed E-state index contributed by atoms with van der Waals surface area (Å²) in [4.78, 5) is 41.8. The number of halogens is 1. The molecule has 0 saturated carbocycles. The Kier molecular flexibility index (Phi) is 7.63. The van der Waals surface area contributed by atoms with Gasteiger partial charge in [-0.2, -0.15) is 0 Å². The molecule has 2 aromatic carbocycles. The molecule has 164 valence electrons. The Morgan fingerprint density at radius 3 is 2.23 bits per heavy atom. The Labute approximate surface area is 194 Å². The van der Waals surface area contributed by atoms with Gasteiger partial charge in [-0.15, -0.1) is 0 Å². The van der Waals surface area contributed by atoms with E-state index >= 15 is 0 Å². The minimum atomic E-state index is -0.964. The van der Waals surface area contributed by atoms with Gasteiger partial charge in [-0.25, -0.2) is 4.90 Å². The molecule has 9 heteroatoms. The zero-order valence-corrected chi connectivity index (χ0v) is 19.6. The lowest BCUT2D eigenvalue weighted by Gasteiger charge is -2.30. The third-order valence-corrected chi connectivity index (χ3v) is 5.77. The van der Waals surface area contributed by atoms with Crippen LogP contribution in [0.1, 0.15) is 16.8 Å². The monoisotopic (exact) mass is 538 g/mol. The topological polar surface area (TPSA) is 85.4 Å². The number of methoxy groups -OCH3 is 3. The lowest BCUT2D eigenvalue weighted by molar-refractivity contribution is -0.128. The van der Waals surface area contributed by atoms with Crippen LogP contribution in [0.5, 0.6) is 5.75 Å². The van der Waals surface area contributed by atoms with Gasteiger partial charge in [0.15, 0.2) is 6.29 Å². The van der Waals surface area contributed by atoms with E-state index in [0.29, 0.717) is 17.0 Å². The summed E-state index contributed by atoms with van der Waals surface area (Å²) in [5, 5.41) is 0. The molecule has 1 unspecified atom stereocenters. The van der Waals surface area contributed by atoms with Crippen molar-refractivity contribution in [2.75, 3.05) is 32.8 Å². The number of anilines is 1. The van der Waals surface area contributed by atoms with Crippen LogP contribution in [0.4, 0.5) is 5.69 Å². The fourth-order valence-electron chi connectivity index (χ4n) is 3.38. The van der Waals surface area contributed by atoms with Gasteiger partial charge >= 0.3 is 0 Å². The number of hydrogen-bond donors (Lipinski definition) is 0. The number of carbonyl (C=O) groups excluding carboxylic acids is 3. The maximum Gasteiger partial charge on any atom is 0.257 e. The summed E-state index contributed by atoms with van der Waals surface area (Å²) in [7, 11) is 4.43. The Hall–Kier alpha value is -2.50. The van der Waals surface area contributed by atoms with Crippen LogP contribution in [-0.4, -0.2) is 62.8 Å². The van der Waals surface area contributed by atoms with Gasteiger partial charge < -0.3 is 19.1 Å². The molecule has 0 aliphatic carbocycles. The molecule has 1 saturated heterocycles. The van der Waals surface area contributed by atoms with Crippen LogP contribution in [0.25, 0.3) is 0 Å². The van der Waals surface area contributed by atoms with E-state index in [1.165, 1.54) is 26.2 Å². The Morgan fingerprint density at radius 1 is 1.06 bits per heavy atom. The molecule has 0 N–H and O–H groups in total. The number of nitrogens with zero attached hydrogens (tertiary/aromatic N) is 2. The van der Waals surface area contributed by atoms with Crippen molar-refractivity contribution in [3.63, 3.8) is 0 Å². The molecule has 8 nitrogen and oxygen atoms in total. The first kappa shape index (κ1) is 23.2. The average molecular weight is 538 g/mol. The third-order valence-electron chi connectivity index (χ3n) is 5.05. The van der Waals surface area contributed by atoms with Crippen molar-refractivity contribution < 1.29 is 28.6 Å². The van der Waals surface area contributed by atoms with Crippen molar-refractivity contribution in [3.8, 4) is 5.75 Å². The van der Waals surface area contributed by atoms with Crippen molar-refractivity contribution in [1.82, 2.24) is 4.90 Å². The van der Waals surface area contributed by atoms with Crippen LogP contribution in [0.2, 0.25) is 0 Å². The normalized spacial score (nSPS) is 16.2. The van der Waals surface area contributed by atoms with Gasteiger partial charge in [0.1, 0.15) is 11.8 Å². The molecule has 3 rings (SSSR count). The van der Waals surface area contributed by atoms with E-state index in [1.54, 1.807) is 36.4 Å². The molecular weight excluding hydrogens is 515 g/mol. The quantitative estimate of drug-likeness (QED) is 0.292. The molecule has 0 spiro atoms. The van der Waals surface area contributed by atoms with Crippen molar-refractivity contribution >= 4 is 46.0 Å². The number of hydrogen-bond acceptors (Lipinski definition) is 6. The Balaban J connectivity index is 1.92. The lowest BCUT2D eigenvalue weighted by atomic mass is 10.1. The molecule has 1 atom stereocenters. The van der Waals surface area contributed by atoms with E-state index in [9.17, 15) is 14.4 Å². The van der Waals surface area contributed by atoms with E-state index < -0.39 is 24.1 Å². The minimum absolute atomic E-state index is 0.0118. The van der Waals surface area contributed by atoms with Gasteiger partial charge in [-0.1, -0.05) is 0 Å². The highest BCUT2D eigenvalue weighted by atomic mass is 127. The van der Waals surface area contributed by atoms with Crippen LogP contribution in [0.3, 0.4) is 0 Å². The summed E-state index contributed by atoms with van der Waals surface area (Å²) in [6.07, 6.45) is -0.871. The van der Waals surface area contributed by atoms with Crippen LogP contribution in [-0.2, 0) is 19.1 Å².